The minimum absolute atomic E-state index is 0.507. The first-order chi connectivity index (χ1) is 8.90. The third kappa shape index (κ3) is 2.16. The van der Waals surface area contributed by atoms with Crippen molar-refractivity contribution in [1.29, 1.82) is 0 Å². The summed E-state index contributed by atoms with van der Waals surface area (Å²) in [5.41, 5.74) is 1.50. The Morgan fingerprint density at radius 3 is 2.33 bits per heavy atom. The van der Waals surface area contributed by atoms with Gasteiger partial charge in [-0.2, -0.15) is 0 Å². The molecule has 94 valence electrons. The van der Waals surface area contributed by atoms with Crippen LogP contribution in [-0.2, 0) is 17.3 Å². The summed E-state index contributed by atoms with van der Waals surface area (Å²) in [4.78, 5) is 1.63. The van der Waals surface area contributed by atoms with Crippen LogP contribution in [0.2, 0.25) is 0 Å². The first kappa shape index (κ1) is 12.1. The first-order valence-corrected chi connectivity index (χ1v) is 8.64. The predicted molar refractivity (Wildman–Crippen MR) is 82.5 cm³/mol. The first-order valence-electron chi connectivity index (χ1n) is 7.08. The van der Waals surface area contributed by atoms with Crippen LogP contribution in [0.15, 0.2) is 41.3 Å². The molecule has 0 nitrogen and oxygen atoms in total. The van der Waals surface area contributed by atoms with Gasteiger partial charge in [0.15, 0.2) is 4.90 Å². The fourth-order valence-corrected chi connectivity index (χ4v) is 5.44. The Balaban J connectivity index is 2.12. The maximum Gasteiger partial charge on any atom is 0.162 e. The highest BCUT2D eigenvalue weighted by Crippen LogP contribution is 2.31. The van der Waals surface area contributed by atoms with Gasteiger partial charge in [0.2, 0.25) is 0 Å². The largest absolute Gasteiger partial charge is 0.162 e. The maximum atomic E-state index is 2.41. The Morgan fingerprint density at radius 2 is 1.61 bits per heavy atom. The van der Waals surface area contributed by atoms with E-state index in [4.69, 9.17) is 0 Å². The molecule has 0 saturated carbocycles. The topological polar surface area (TPSA) is 0 Å². The number of hydrogen-bond donors (Lipinski definition) is 0. The molecule has 0 atom stereocenters. The molecule has 3 rings (SSSR count). The SMILES string of the molecule is CCc1ccc([S+]2CCCCC2)c2ccccc12. The molecule has 18 heavy (non-hydrogen) atoms. The van der Waals surface area contributed by atoms with Crippen LogP contribution in [0.4, 0.5) is 0 Å². The lowest BCUT2D eigenvalue weighted by Crippen LogP contribution is -2.18. The zero-order chi connectivity index (χ0) is 12.4. The second-order valence-corrected chi connectivity index (χ2v) is 7.33. The van der Waals surface area contributed by atoms with E-state index >= 15 is 0 Å². The Morgan fingerprint density at radius 1 is 0.889 bits per heavy atom. The molecule has 0 amide bonds. The van der Waals surface area contributed by atoms with Crippen molar-refractivity contribution in [2.75, 3.05) is 11.5 Å². The van der Waals surface area contributed by atoms with Crippen LogP contribution >= 0.6 is 0 Å². The van der Waals surface area contributed by atoms with Crippen LogP contribution in [0.1, 0.15) is 31.7 Å². The molecule has 0 N–H and O–H groups in total. The van der Waals surface area contributed by atoms with Gasteiger partial charge in [0.25, 0.3) is 0 Å². The van der Waals surface area contributed by atoms with Gasteiger partial charge >= 0.3 is 0 Å². The Hall–Kier alpha value is -0.950. The molecule has 0 spiro atoms. The van der Waals surface area contributed by atoms with Gasteiger partial charge in [0.05, 0.1) is 0 Å². The van der Waals surface area contributed by atoms with Gasteiger partial charge in [0.1, 0.15) is 11.5 Å². The smallest absolute Gasteiger partial charge is 0.0616 e. The van der Waals surface area contributed by atoms with Gasteiger partial charge in [0, 0.05) is 16.3 Å². The maximum absolute atomic E-state index is 2.41. The van der Waals surface area contributed by atoms with E-state index in [0.29, 0.717) is 10.9 Å². The third-order valence-corrected chi connectivity index (χ3v) is 6.49. The third-order valence-electron chi connectivity index (χ3n) is 3.95. The van der Waals surface area contributed by atoms with Gasteiger partial charge < -0.3 is 0 Å². The summed E-state index contributed by atoms with van der Waals surface area (Å²) in [7, 11) is 0.507. The average Bonchev–Trinajstić information content (AvgIpc) is 2.47. The molecule has 2 aromatic carbocycles. The summed E-state index contributed by atoms with van der Waals surface area (Å²) in [5, 5.41) is 3.00. The summed E-state index contributed by atoms with van der Waals surface area (Å²) < 4.78 is 0. The molecule has 1 heteroatoms. The van der Waals surface area contributed by atoms with Crippen molar-refractivity contribution in [3.05, 3.63) is 42.0 Å². The normalized spacial score (nSPS) is 17.2. The molecule has 0 radical (unpaired) electrons. The van der Waals surface area contributed by atoms with Gasteiger partial charge in [-0.25, -0.2) is 0 Å². The zero-order valence-electron chi connectivity index (χ0n) is 11.1. The van der Waals surface area contributed by atoms with Gasteiger partial charge in [-0.15, -0.1) is 0 Å². The minimum Gasteiger partial charge on any atom is -0.0616 e. The van der Waals surface area contributed by atoms with Crippen molar-refractivity contribution in [3.8, 4) is 0 Å². The molecule has 1 aliphatic rings. The van der Waals surface area contributed by atoms with Gasteiger partial charge in [-0.3, -0.25) is 0 Å². The summed E-state index contributed by atoms with van der Waals surface area (Å²) in [6.07, 6.45) is 5.42. The number of rotatable bonds is 2. The van der Waals surface area contributed by atoms with Crippen LogP contribution in [-0.4, -0.2) is 11.5 Å². The molecule has 0 aliphatic carbocycles. The van der Waals surface area contributed by atoms with Crippen LogP contribution < -0.4 is 0 Å². The van der Waals surface area contributed by atoms with E-state index in [2.05, 4.69) is 43.3 Å². The highest BCUT2D eigenvalue weighted by Gasteiger charge is 2.26. The van der Waals surface area contributed by atoms with Crippen molar-refractivity contribution in [1.82, 2.24) is 0 Å². The lowest BCUT2D eigenvalue weighted by Gasteiger charge is -2.16. The lowest BCUT2D eigenvalue weighted by molar-refractivity contribution is 0.756. The summed E-state index contributed by atoms with van der Waals surface area (Å²) in [5.74, 6) is 2.82. The minimum atomic E-state index is 0.507. The Labute approximate surface area is 113 Å². The van der Waals surface area contributed by atoms with E-state index in [1.165, 1.54) is 47.1 Å². The van der Waals surface area contributed by atoms with Crippen LogP contribution in [0.3, 0.4) is 0 Å². The molecular weight excluding hydrogens is 236 g/mol. The molecule has 1 fully saturated rings. The van der Waals surface area contributed by atoms with E-state index in [9.17, 15) is 0 Å². The van der Waals surface area contributed by atoms with E-state index in [-0.39, 0.29) is 0 Å². The van der Waals surface area contributed by atoms with Crippen molar-refractivity contribution < 1.29 is 0 Å². The van der Waals surface area contributed by atoms with Crippen LogP contribution in [0, 0.1) is 0 Å². The summed E-state index contributed by atoms with van der Waals surface area (Å²) >= 11 is 0. The second kappa shape index (κ2) is 5.36. The molecule has 0 aromatic heterocycles. The van der Waals surface area contributed by atoms with E-state index in [1.807, 2.05) is 0 Å². The number of fused-ring (bicyclic) bond motifs is 1. The monoisotopic (exact) mass is 257 g/mol. The van der Waals surface area contributed by atoms with E-state index < -0.39 is 0 Å². The van der Waals surface area contributed by atoms with Crippen molar-refractivity contribution in [2.24, 2.45) is 0 Å². The fraction of sp³-hybridized carbons (Fsp3) is 0.412. The predicted octanol–water partition coefficient (Wildman–Crippen LogP) is 4.56. The quantitative estimate of drug-likeness (QED) is 0.692. The van der Waals surface area contributed by atoms with E-state index in [0.717, 1.165) is 6.42 Å². The summed E-state index contributed by atoms with van der Waals surface area (Å²) in [6.45, 7) is 2.25. The van der Waals surface area contributed by atoms with E-state index in [1.54, 1.807) is 4.90 Å². The summed E-state index contributed by atoms with van der Waals surface area (Å²) in [6, 6.07) is 13.8. The molecule has 0 bridgehead atoms. The zero-order valence-corrected chi connectivity index (χ0v) is 11.9. The molecular formula is C17H21S+. The Kier molecular flexibility index (Phi) is 3.60. The van der Waals surface area contributed by atoms with Crippen molar-refractivity contribution in [3.63, 3.8) is 0 Å². The highest BCUT2D eigenvalue weighted by atomic mass is 32.2. The molecule has 0 unspecified atom stereocenters. The average molecular weight is 257 g/mol. The van der Waals surface area contributed by atoms with Gasteiger partial charge in [-0.1, -0.05) is 31.2 Å². The molecule has 1 saturated heterocycles. The number of aryl methyl sites for hydroxylation is 1. The van der Waals surface area contributed by atoms with Crippen LogP contribution in [0.5, 0.6) is 0 Å². The molecule has 1 aliphatic heterocycles. The van der Waals surface area contributed by atoms with Crippen LogP contribution in [0.25, 0.3) is 10.8 Å². The highest BCUT2D eigenvalue weighted by molar-refractivity contribution is 7.97. The second-order valence-electron chi connectivity index (χ2n) is 5.08. The van der Waals surface area contributed by atoms with Gasteiger partial charge in [-0.05, 0) is 48.8 Å². The van der Waals surface area contributed by atoms with Crippen molar-refractivity contribution >= 4 is 21.7 Å². The molecule has 2 aromatic rings. The lowest BCUT2D eigenvalue weighted by atomic mass is 10.0. The van der Waals surface area contributed by atoms with Crippen molar-refractivity contribution in [2.45, 2.75) is 37.5 Å². The fourth-order valence-electron chi connectivity index (χ4n) is 2.95. The standard InChI is InChI=1S/C17H21S/c1-2-14-10-11-17(18-12-6-3-7-13-18)16-9-5-4-8-15(14)16/h4-5,8-11H,2-3,6-7,12-13H2,1H3/q+1. The number of hydrogen-bond acceptors (Lipinski definition) is 0. The number of benzene rings is 2. The molecule has 1 heterocycles. The Bertz CT molecular complexity index is 538.